The van der Waals surface area contributed by atoms with Crippen molar-refractivity contribution in [3.05, 3.63) is 42.5 Å². The normalized spacial score (nSPS) is 9.83. The molecule has 0 aliphatic heterocycles. The molecule has 0 bridgehead atoms. The van der Waals surface area contributed by atoms with Crippen molar-refractivity contribution in [2.24, 2.45) is 0 Å². The Balaban J connectivity index is 2.26. The Morgan fingerprint density at radius 3 is 2.72 bits per heavy atom. The van der Waals surface area contributed by atoms with Gasteiger partial charge in [0.05, 0.1) is 13.5 Å². The number of methoxy groups -OCH3 is 1. The highest BCUT2D eigenvalue weighted by atomic mass is 16.5. The number of hydrogen-bond acceptors (Lipinski definition) is 4. The molecule has 0 spiro atoms. The number of carbonyl (C=O) groups is 1. The van der Waals surface area contributed by atoms with Gasteiger partial charge in [-0.3, -0.25) is 4.79 Å². The van der Waals surface area contributed by atoms with Gasteiger partial charge in [0.1, 0.15) is 12.4 Å². The number of benzene rings is 1. The molecule has 0 aliphatic carbocycles. The van der Waals surface area contributed by atoms with Crippen molar-refractivity contribution in [2.45, 2.75) is 13.0 Å². The van der Waals surface area contributed by atoms with Gasteiger partial charge in [-0.15, -0.1) is 0 Å². The summed E-state index contributed by atoms with van der Waals surface area (Å²) in [5, 5.41) is 3.17. The van der Waals surface area contributed by atoms with E-state index < -0.39 is 0 Å². The molecule has 0 atom stereocenters. The van der Waals surface area contributed by atoms with E-state index in [1.807, 2.05) is 24.3 Å². The fourth-order valence-corrected chi connectivity index (χ4v) is 1.38. The number of esters is 1. The van der Waals surface area contributed by atoms with Crippen molar-refractivity contribution >= 4 is 5.97 Å². The monoisotopic (exact) mass is 249 g/mol. The zero-order chi connectivity index (χ0) is 13.2. The van der Waals surface area contributed by atoms with Gasteiger partial charge < -0.3 is 14.8 Å². The molecular formula is C14H19NO3. The fourth-order valence-electron chi connectivity index (χ4n) is 1.38. The lowest BCUT2D eigenvalue weighted by Crippen LogP contribution is -2.18. The second kappa shape index (κ2) is 8.31. The van der Waals surface area contributed by atoms with E-state index in [9.17, 15) is 4.79 Å². The third kappa shape index (κ3) is 5.50. The van der Waals surface area contributed by atoms with Crippen LogP contribution >= 0.6 is 0 Å². The lowest BCUT2D eigenvalue weighted by molar-refractivity contribution is -0.140. The smallest absolute Gasteiger partial charge is 0.306 e. The van der Waals surface area contributed by atoms with Crippen molar-refractivity contribution < 1.29 is 14.3 Å². The Bertz CT molecular complexity index is 373. The van der Waals surface area contributed by atoms with Crippen LogP contribution in [0, 0.1) is 0 Å². The maximum Gasteiger partial charge on any atom is 0.306 e. The minimum absolute atomic E-state index is 0.198. The van der Waals surface area contributed by atoms with E-state index >= 15 is 0 Å². The van der Waals surface area contributed by atoms with Crippen LogP contribution in [0.25, 0.3) is 0 Å². The summed E-state index contributed by atoms with van der Waals surface area (Å²) in [7, 11) is 1.39. The third-order valence-corrected chi connectivity index (χ3v) is 2.35. The fraction of sp³-hybridized carbons (Fsp3) is 0.357. The molecule has 0 saturated carbocycles. The molecule has 1 N–H and O–H groups in total. The van der Waals surface area contributed by atoms with Crippen LogP contribution in [0.2, 0.25) is 0 Å². The van der Waals surface area contributed by atoms with E-state index in [0.717, 1.165) is 17.9 Å². The largest absolute Gasteiger partial charge is 0.490 e. The predicted octanol–water partition coefficient (Wildman–Crippen LogP) is 1.90. The predicted molar refractivity (Wildman–Crippen MR) is 70.5 cm³/mol. The number of carbonyl (C=O) groups excluding carboxylic acids is 1. The molecule has 98 valence electrons. The summed E-state index contributed by atoms with van der Waals surface area (Å²) in [6, 6.07) is 7.81. The Morgan fingerprint density at radius 1 is 1.39 bits per heavy atom. The van der Waals surface area contributed by atoms with E-state index in [-0.39, 0.29) is 5.97 Å². The average molecular weight is 249 g/mol. The molecule has 0 heterocycles. The lowest BCUT2D eigenvalue weighted by atomic mass is 10.2. The van der Waals surface area contributed by atoms with E-state index in [2.05, 4.69) is 16.6 Å². The minimum Gasteiger partial charge on any atom is -0.490 e. The lowest BCUT2D eigenvalue weighted by Gasteiger charge is -2.06. The van der Waals surface area contributed by atoms with Crippen LogP contribution in [0.5, 0.6) is 5.75 Å². The van der Waals surface area contributed by atoms with Crippen LogP contribution in [0.1, 0.15) is 12.0 Å². The molecule has 0 radical (unpaired) electrons. The van der Waals surface area contributed by atoms with Gasteiger partial charge >= 0.3 is 5.97 Å². The van der Waals surface area contributed by atoms with Crippen LogP contribution in [0.3, 0.4) is 0 Å². The number of rotatable bonds is 8. The molecule has 0 saturated heterocycles. The molecule has 0 unspecified atom stereocenters. The first-order valence-corrected chi connectivity index (χ1v) is 5.86. The minimum atomic E-state index is -0.198. The molecule has 1 rings (SSSR count). The first kappa shape index (κ1) is 14.3. The molecule has 18 heavy (non-hydrogen) atoms. The zero-order valence-corrected chi connectivity index (χ0v) is 10.6. The molecular weight excluding hydrogens is 230 g/mol. The van der Waals surface area contributed by atoms with E-state index in [1.54, 1.807) is 6.08 Å². The highest BCUT2D eigenvalue weighted by Gasteiger charge is 1.99. The van der Waals surface area contributed by atoms with Gasteiger partial charge in [0, 0.05) is 13.1 Å². The Kier molecular flexibility index (Phi) is 6.58. The molecule has 0 aromatic heterocycles. The topological polar surface area (TPSA) is 47.6 Å². The molecule has 0 aliphatic rings. The van der Waals surface area contributed by atoms with Gasteiger partial charge in [-0.25, -0.2) is 0 Å². The van der Waals surface area contributed by atoms with Crippen LogP contribution in [-0.2, 0) is 16.1 Å². The van der Waals surface area contributed by atoms with Crippen LogP contribution in [0.4, 0.5) is 0 Å². The van der Waals surface area contributed by atoms with Crippen molar-refractivity contribution in [3.8, 4) is 5.75 Å². The molecule has 0 fully saturated rings. The first-order valence-electron chi connectivity index (χ1n) is 5.86. The Morgan fingerprint density at radius 2 is 2.11 bits per heavy atom. The van der Waals surface area contributed by atoms with E-state index in [0.29, 0.717) is 19.6 Å². The Hall–Kier alpha value is -1.81. The number of ether oxygens (including phenoxy) is 2. The second-order valence-corrected chi connectivity index (χ2v) is 3.75. The zero-order valence-electron chi connectivity index (χ0n) is 10.6. The van der Waals surface area contributed by atoms with Gasteiger partial charge in [-0.05, 0) is 17.7 Å². The Labute approximate surface area is 108 Å². The summed E-state index contributed by atoms with van der Waals surface area (Å²) in [5.41, 5.74) is 1.14. The standard InChI is InChI=1S/C14H19NO3/c1-3-10-18-13-6-4-12(5-7-13)11-15-9-8-14(16)17-2/h3-7,15H,1,8-11H2,2H3. The molecule has 1 aromatic carbocycles. The van der Waals surface area contributed by atoms with Crippen LogP contribution in [-0.4, -0.2) is 26.2 Å². The van der Waals surface area contributed by atoms with Gasteiger partial charge in [0.25, 0.3) is 0 Å². The second-order valence-electron chi connectivity index (χ2n) is 3.75. The maximum atomic E-state index is 10.9. The molecule has 4 heteroatoms. The SMILES string of the molecule is C=CCOc1ccc(CNCCC(=O)OC)cc1. The first-order chi connectivity index (χ1) is 8.76. The van der Waals surface area contributed by atoms with Gasteiger partial charge in [-0.1, -0.05) is 24.8 Å². The van der Waals surface area contributed by atoms with Crippen LogP contribution < -0.4 is 10.1 Å². The summed E-state index contributed by atoms with van der Waals surface area (Å²) in [6.45, 7) is 5.44. The summed E-state index contributed by atoms with van der Waals surface area (Å²) >= 11 is 0. The third-order valence-electron chi connectivity index (χ3n) is 2.35. The van der Waals surface area contributed by atoms with E-state index in [1.165, 1.54) is 7.11 Å². The highest BCUT2D eigenvalue weighted by Crippen LogP contribution is 2.11. The summed E-state index contributed by atoms with van der Waals surface area (Å²) < 4.78 is 9.93. The molecule has 4 nitrogen and oxygen atoms in total. The van der Waals surface area contributed by atoms with Gasteiger partial charge in [-0.2, -0.15) is 0 Å². The van der Waals surface area contributed by atoms with E-state index in [4.69, 9.17) is 4.74 Å². The molecule has 1 aromatic rings. The quantitative estimate of drug-likeness (QED) is 0.434. The van der Waals surface area contributed by atoms with Crippen LogP contribution in [0.15, 0.2) is 36.9 Å². The van der Waals surface area contributed by atoms with Gasteiger partial charge in [0.2, 0.25) is 0 Å². The average Bonchev–Trinajstić information content (AvgIpc) is 2.42. The van der Waals surface area contributed by atoms with Crippen molar-refractivity contribution in [1.82, 2.24) is 5.32 Å². The van der Waals surface area contributed by atoms with Gasteiger partial charge in [0.15, 0.2) is 0 Å². The number of nitrogens with one attached hydrogen (secondary N) is 1. The van der Waals surface area contributed by atoms with Crippen molar-refractivity contribution in [1.29, 1.82) is 0 Å². The summed E-state index contributed by atoms with van der Waals surface area (Å²) in [6.07, 6.45) is 2.10. The summed E-state index contributed by atoms with van der Waals surface area (Å²) in [4.78, 5) is 10.9. The number of hydrogen-bond donors (Lipinski definition) is 1. The maximum absolute atomic E-state index is 10.9. The summed E-state index contributed by atoms with van der Waals surface area (Å²) in [5.74, 6) is 0.629. The van der Waals surface area contributed by atoms with Crippen molar-refractivity contribution in [3.63, 3.8) is 0 Å². The highest BCUT2D eigenvalue weighted by molar-refractivity contribution is 5.69. The molecule has 0 amide bonds. The van der Waals surface area contributed by atoms with Crippen molar-refractivity contribution in [2.75, 3.05) is 20.3 Å².